The fourth-order valence-electron chi connectivity index (χ4n) is 3.68. The van der Waals surface area contributed by atoms with Gasteiger partial charge in [-0.2, -0.15) is 0 Å². The molecule has 0 bridgehead atoms. The maximum Gasteiger partial charge on any atom is 0.0406 e. The summed E-state index contributed by atoms with van der Waals surface area (Å²) in [7, 11) is 0. The van der Waals surface area contributed by atoms with Crippen molar-refractivity contribution >= 4 is 11.6 Å². The van der Waals surface area contributed by atoms with E-state index in [9.17, 15) is 0 Å². The zero-order chi connectivity index (χ0) is 11.2. The zero-order valence-electron chi connectivity index (χ0n) is 9.51. The summed E-state index contributed by atoms with van der Waals surface area (Å²) < 4.78 is 0. The fraction of sp³-hybridized carbons (Fsp3) is 0.571. The highest BCUT2D eigenvalue weighted by Gasteiger charge is 2.56. The van der Waals surface area contributed by atoms with Crippen molar-refractivity contribution in [3.63, 3.8) is 0 Å². The van der Waals surface area contributed by atoms with Crippen molar-refractivity contribution in [2.24, 2.45) is 11.1 Å². The molecule has 2 N–H and O–H groups in total. The molecule has 3 rings (SSSR count). The van der Waals surface area contributed by atoms with E-state index >= 15 is 0 Å². The summed E-state index contributed by atoms with van der Waals surface area (Å²) in [5, 5.41) is 0.814. The van der Waals surface area contributed by atoms with E-state index in [1.165, 1.54) is 37.7 Å². The van der Waals surface area contributed by atoms with Crippen LogP contribution in [0.4, 0.5) is 0 Å². The maximum atomic E-state index is 6.01. The molecule has 1 aromatic rings. The predicted octanol–water partition coefficient (Wildman–Crippen LogP) is 3.50. The second-order valence-corrected chi connectivity index (χ2v) is 6.13. The molecule has 1 aromatic carbocycles. The Morgan fingerprint density at radius 2 is 1.75 bits per heavy atom. The Balaban J connectivity index is 1.84. The minimum absolute atomic E-state index is 0.255. The van der Waals surface area contributed by atoms with E-state index in [4.69, 9.17) is 17.3 Å². The minimum Gasteiger partial charge on any atom is -0.330 e. The lowest BCUT2D eigenvalue weighted by Gasteiger charge is -2.61. The zero-order valence-corrected chi connectivity index (χ0v) is 10.3. The van der Waals surface area contributed by atoms with E-state index in [-0.39, 0.29) is 5.41 Å². The van der Waals surface area contributed by atoms with Crippen LogP contribution in [-0.4, -0.2) is 6.54 Å². The second kappa shape index (κ2) is 3.48. The molecule has 0 aliphatic heterocycles. The summed E-state index contributed by atoms with van der Waals surface area (Å²) in [5.41, 5.74) is 8.31. The highest BCUT2D eigenvalue weighted by atomic mass is 35.5. The van der Waals surface area contributed by atoms with Crippen LogP contribution in [0.1, 0.15) is 37.7 Å². The molecule has 1 spiro atoms. The van der Waals surface area contributed by atoms with Gasteiger partial charge >= 0.3 is 0 Å². The molecule has 0 radical (unpaired) electrons. The number of rotatable bonds is 2. The first kappa shape index (κ1) is 10.6. The Hall–Kier alpha value is -0.530. The molecule has 2 aliphatic rings. The largest absolute Gasteiger partial charge is 0.330 e. The van der Waals surface area contributed by atoms with Gasteiger partial charge in [-0.15, -0.1) is 0 Å². The molecular weight excluding hydrogens is 218 g/mol. The van der Waals surface area contributed by atoms with Crippen molar-refractivity contribution in [1.29, 1.82) is 0 Å². The summed E-state index contributed by atoms with van der Waals surface area (Å²) in [6, 6.07) is 8.28. The fourth-order valence-corrected chi connectivity index (χ4v) is 3.81. The van der Waals surface area contributed by atoms with E-state index < -0.39 is 0 Å². The standard InChI is InChI=1S/C14H18ClN/c15-12-4-2-11(3-5-12)14(10-16)8-13(9-14)6-1-7-13/h2-5H,1,6-10,16H2. The van der Waals surface area contributed by atoms with Crippen LogP contribution in [0.2, 0.25) is 5.02 Å². The summed E-state index contributed by atoms with van der Waals surface area (Å²) in [4.78, 5) is 0. The molecule has 0 heterocycles. The molecule has 2 saturated carbocycles. The van der Waals surface area contributed by atoms with Crippen LogP contribution in [0.25, 0.3) is 0 Å². The lowest BCUT2D eigenvalue weighted by atomic mass is 9.44. The van der Waals surface area contributed by atoms with Gasteiger partial charge in [-0.3, -0.25) is 0 Å². The molecule has 0 aromatic heterocycles. The third-order valence-electron chi connectivity index (χ3n) is 4.69. The van der Waals surface area contributed by atoms with Gasteiger partial charge in [0.05, 0.1) is 0 Å². The number of halogens is 1. The smallest absolute Gasteiger partial charge is 0.0406 e. The summed E-state index contributed by atoms with van der Waals surface area (Å²) >= 11 is 5.93. The van der Waals surface area contributed by atoms with Crippen molar-refractivity contribution in [1.82, 2.24) is 0 Å². The van der Waals surface area contributed by atoms with Gasteiger partial charge in [0.2, 0.25) is 0 Å². The Kier molecular flexibility index (Phi) is 2.31. The molecule has 2 heteroatoms. The molecule has 1 nitrogen and oxygen atoms in total. The van der Waals surface area contributed by atoms with Crippen molar-refractivity contribution in [2.75, 3.05) is 6.54 Å². The Bertz CT molecular complexity index is 384. The number of hydrogen-bond acceptors (Lipinski definition) is 1. The number of hydrogen-bond donors (Lipinski definition) is 1. The summed E-state index contributed by atoms with van der Waals surface area (Å²) in [5.74, 6) is 0. The first-order chi connectivity index (χ1) is 7.68. The normalized spacial score (nSPS) is 24.9. The molecule has 0 amide bonds. The van der Waals surface area contributed by atoms with Gasteiger partial charge in [-0.05, 0) is 48.8 Å². The SMILES string of the molecule is NCC1(c2ccc(Cl)cc2)CC2(CCC2)C1. The van der Waals surface area contributed by atoms with E-state index in [1.807, 2.05) is 12.1 Å². The number of nitrogens with two attached hydrogens (primary N) is 1. The highest BCUT2D eigenvalue weighted by Crippen LogP contribution is 2.64. The van der Waals surface area contributed by atoms with E-state index in [2.05, 4.69) is 12.1 Å². The monoisotopic (exact) mass is 235 g/mol. The van der Waals surface area contributed by atoms with Crippen LogP contribution in [-0.2, 0) is 5.41 Å². The van der Waals surface area contributed by atoms with Gasteiger partial charge < -0.3 is 5.73 Å². The first-order valence-corrected chi connectivity index (χ1v) is 6.52. The number of benzene rings is 1. The van der Waals surface area contributed by atoms with Gasteiger partial charge in [0.25, 0.3) is 0 Å². The Morgan fingerprint density at radius 3 is 2.19 bits per heavy atom. The van der Waals surface area contributed by atoms with Crippen LogP contribution in [0, 0.1) is 5.41 Å². The van der Waals surface area contributed by atoms with Crippen LogP contribution >= 0.6 is 11.6 Å². The third kappa shape index (κ3) is 1.42. The van der Waals surface area contributed by atoms with Gasteiger partial charge in [0.1, 0.15) is 0 Å². The quantitative estimate of drug-likeness (QED) is 0.834. The van der Waals surface area contributed by atoms with Crippen molar-refractivity contribution < 1.29 is 0 Å². The lowest BCUT2D eigenvalue weighted by Crippen LogP contribution is -2.56. The van der Waals surface area contributed by atoms with Crippen LogP contribution in [0.15, 0.2) is 24.3 Å². The predicted molar refractivity (Wildman–Crippen MR) is 67.7 cm³/mol. The maximum absolute atomic E-state index is 6.01. The molecule has 0 unspecified atom stereocenters. The summed E-state index contributed by atoms with van der Waals surface area (Å²) in [6.45, 7) is 0.774. The van der Waals surface area contributed by atoms with Crippen LogP contribution in [0.5, 0.6) is 0 Å². The van der Waals surface area contributed by atoms with E-state index in [0.717, 1.165) is 11.6 Å². The van der Waals surface area contributed by atoms with Gasteiger partial charge in [-0.25, -0.2) is 0 Å². The Morgan fingerprint density at radius 1 is 1.12 bits per heavy atom. The van der Waals surface area contributed by atoms with E-state index in [0.29, 0.717) is 5.41 Å². The molecule has 16 heavy (non-hydrogen) atoms. The van der Waals surface area contributed by atoms with Gasteiger partial charge in [0, 0.05) is 17.0 Å². The van der Waals surface area contributed by atoms with Crippen LogP contribution in [0.3, 0.4) is 0 Å². The molecule has 2 aliphatic carbocycles. The second-order valence-electron chi connectivity index (χ2n) is 5.70. The third-order valence-corrected chi connectivity index (χ3v) is 4.94. The minimum atomic E-state index is 0.255. The van der Waals surface area contributed by atoms with Crippen LogP contribution < -0.4 is 5.73 Å². The Labute approximate surface area is 102 Å². The van der Waals surface area contributed by atoms with Crippen molar-refractivity contribution in [2.45, 2.75) is 37.5 Å². The van der Waals surface area contributed by atoms with Gasteiger partial charge in [-0.1, -0.05) is 30.2 Å². The first-order valence-electron chi connectivity index (χ1n) is 6.14. The van der Waals surface area contributed by atoms with Gasteiger partial charge in [0.15, 0.2) is 0 Å². The molecule has 0 atom stereocenters. The molecule has 2 fully saturated rings. The van der Waals surface area contributed by atoms with Crippen molar-refractivity contribution in [3.05, 3.63) is 34.9 Å². The lowest BCUT2D eigenvalue weighted by molar-refractivity contribution is -0.0446. The highest BCUT2D eigenvalue weighted by molar-refractivity contribution is 6.30. The van der Waals surface area contributed by atoms with E-state index in [1.54, 1.807) is 0 Å². The molecular formula is C14H18ClN. The topological polar surface area (TPSA) is 26.0 Å². The average Bonchev–Trinajstić information content (AvgIpc) is 2.17. The molecule has 86 valence electrons. The summed E-state index contributed by atoms with van der Waals surface area (Å²) in [6.07, 6.45) is 6.84. The molecule has 0 saturated heterocycles. The average molecular weight is 236 g/mol. The van der Waals surface area contributed by atoms with Crippen molar-refractivity contribution in [3.8, 4) is 0 Å².